The third-order valence-electron chi connectivity index (χ3n) is 5.86. The summed E-state index contributed by atoms with van der Waals surface area (Å²) in [4.78, 5) is 14.3. The van der Waals surface area contributed by atoms with E-state index in [1.54, 1.807) is 14.2 Å². The molecule has 2 unspecified atom stereocenters. The lowest BCUT2D eigenvalue weighted by Crippen LogP contribution is -2.55. The number of hydrogen-bond acceptors (Lipinski definition) is 4. The fraction of sp³-hybridized carbons (Fsp3) is 0.632. The van der Waals surface area contributed by atoms with E-state index in [0.29, 0.717) is 18.4 Å². The third-order valence-corrected chi connectivity index (χ3v) is 5.86. The van der Waals surface area contributed by atoms with Crippen LogP contribution in [0.15, 0.2) is 12.1 Å². The largest absolute Gasteiger partial charge is 0.493 e. The second-order valence-corrected chi connectivity index (χ2v) is 7.04. The standard InChI is InChI=1S/C19H25NO4/c1-22-16-10-13-6-9-24-19(15(13)11-17(16)23-2)7-8-20-14(12-19)4-3-5-18(20)21/h10-11,14H,3-9,12H2,1-2H3. The molecule has 4 rings (SSSR count). The third kappa shape index (κ3) is 2.37. The Morgan fingerprint density at radius 2 is 2.00 bits per heavy atom. The van der Waals surface area contributed by atoms with Gasteiger partial charge in [-0.3, -0.25) is 4.79 Å². The van der Waals surface area contributed by atoms with Crippen molar-refractivity contribution >= 4 is 5.91 Å². The Bertz CT molecular complexity index is 659. The first-order valence-electron chi connectivity index (χ1n) is 8.86. The van der Waals surface area contributed by atoms with E-state index in [4.69, 9.17) is 14.2 Å². The van der Waals surface area contributed by atoms with Crippen LogP contribution in [0.25, 0.3) is 0 Å². The van der Waals surface area contributed by atoms with Gasteiger partial charge in [0.25, 0.3) is 0 Å². The highest BCUT2D eigenvalue weighted by molar-refractivity contribution is 5.77. The average molecular weight is 331 g/mol. The molecule has 1 spiro atoms. The second kappa shape index (κ2) is 5.96. The summed E-state index contributed by atoms with van der Waals surface area (Å²) < 4.78 is 17.3. The lowest BCUT2D eigenvalue weighted by atomic mass is 9.74. The number of piperidine rings is 2. The van der Waals surface area contributed by atoms with Crippen molar-refractivity contribution in [1.82, 2.24) is 4.90 Å². The fourth-order valence-corrected chi connectivity index (χ4v) is 4.66. The average Bonchev–Trinajstić information content (AvgIpc) is 2.61. The smallest absolute Gasteiger partial charge is 0.222 e. The molecule has 2 saturated heterocycles. The van der Waals surface area contributed by atoms with Crippen LogP contribution in [0, 0.1) is 0 Å². The van der Waals surface area contributed by atoms with Gasteiger partial charge in [-0.1, -0.05) is 0 Å². The Morgan fingerprint density at radius 1 is 1.21 bits per heavy atom. The highest BCUT2D eigenvalue weighted by Gasteiger charge is 2.47. The molecule has 3 aliphatic rings. The minimum atomic E-state index is -0.286. The normalized spacial score (nSPS) is 29.2. The van der Waals surface area contributed by atoms with Crippen molar-refractivity contribution in [3.63, 3.8) is 0 Å². The SMILES string of the molecule is COc1cc2c(cc1OC)C1(CCN3C(=O)CCCC3C1)OCC2. The van der Waals surface area contributed by atoms with E-state index in [1.165, 1.54) is 11.1 Å². The quantitative estimate of drug-likeness (QED) is 0.836. The Morgan fingerprint density at radius 3 is 2.79 bits per heavy atom. The van der Waals surface area contributed by atoms with Crippen LogP contribution in [0.4, 0.5) is 0 Å². The van der Waals surface area contributed by atoms with Crippen LogP contribution in [0.1, 0.15) is 43.2 Å². The molecule has 0 aromatic heterocycles. The molecule has 0 aliphatic carbocycles. The molecule has 0 bridgehead atoms. The fourth-order valence-electron chi connectivity index (χ4n) is 4.66. The van der Waals surface area contributed by atoms with E-state index in [1.807, 2.05) is 0 Å². The van der Waals surface area contributed by atoms with Crippen LogP contribution in [-0.4, -0.2) is 44.2 Å². The van der Waals surface area contributed by atoms with Crippen LogP contribution < -0.4 is 9.47 Å². The summed E-state index contributed by atoms with van der Waals surface area (Å²) in [5.74, 6) is 1.84. The number of fused-ring (bicyclic) bond motifs is 3. The number of amides is 1. The molecule has 1 aromatic rings. The highest BCUT2D eigenvalue weighted by Crippen LogP contribution is 2.48. The molecule has 24 heavy (non-hydrogen) atoms. The Hall–Kier alpha value is -1.75. The molecule has 2 atom stereocenters. The summed E-state index contributed by atoms with van der Waals surface area (Å²) in [5, 5.41) is 0. The summed E-state index contributed by atoms with van der Waals surface area (Å²) >= 11 is 0. The summed E-state index contributed by atoms with van der Waals surface area (Å²) in [6.45, 7) is 1.51. The van der Waals surface area contributed by atoms with Crippen molar-refractivity contribution in [2.75, 3.05) is 27.4 Å². The second-order valence-electron chi connectivity index (χ2n) is 7.04. The van der Waals surface area contributed by atoms with E-state index in [0.717, 1.165) is 56.8 Å². The maximum atomic E-state index is 12.2. The molecule has 3 heterocycles. The van der Waals surface area contributed by atoms with Crippen molar-refractivity contribution in [1.29, 1.82) is 0 Å². The lowest BCUT2D eigenvalue weighted by molar-refractivity contribution is -0.152. The van der Waals surface area contributed by atoms with Gasteiger partial charge < -0.3 is 19.1 Å². The topological polar surface area (TPSA) is 48.0 Å². The van der Waals surface area contributed by atoms with Gasteiger partial charge in [-0.15, -0.1) is 0 Å². The predicted molar refractivity (Wildman–Crippen MR) is 89.5 cm³/mol. The van der Waals surface area contributed by atoms with E-state index in [9.17, 15) is 4.79 Å². The van der Waals surface area contributed by atoms with Crippen LogP contribution in [0.5, 0.6) is 11.5 Å². The molecule has 3 aliphatic heterocycles. The maximum Gasteiger partial charge on any atom is 0.222 e. The van der Waals surface area contributed by atoms with Crippen LogP contribution in [0.3, 0.4) is 0 Å². The number of carbonyl (C=O) groups excluding carboxylic acids is 1. The van der Waals surface area contributed by atoms with Crippen molar-refractivity contribution < 1.29 is 19.0 Å². The number of carbonyl (C=O) groups is 1. The van der Waals surface area contributed by atoms with Crippen LogP contribution in [-0.2, 0) is 21.6 Å². The molecule has 5 nitrogen and oxygen atoms in total. The number of methoxy groups -OCH3 is 2. The minimum absolute atomic E-state index is 0.286. The zero-order chi connectivity index (χ0) is 16.7. The molecule has 2 fully saturated rings. The van der Waals surface area contributed by atoms with Crippen LogP contribution >= 0.6 is 0 Å². The molecule has 1 amide bonds. The van der Waals surface area contributed by atoms with Gasteiger partial charge in [0.15, 0.2) is 11.5 Å². The molecule has 0 radical (unpaired) electrons. The molecule has 5 heteroatoms. The van der Waals surface area contributed by atoms with Gasteiger partial charge in [-0.25, -0.2) is 0 Å². The minimum Gasteiger partial charge on any atom is -0.493 e. The molecular formula is C19H25NO4. The number of hydrogen-bond donors (Lipinski definition) is 0. The lowest BCUT2D eigenvalue weighted by Gasteiger charge is -2.50. The molecule has 0 saturated carbocycles. The number of rotatable bonds is 2. The number of nitrogens with zero attached hydrogens (tertiary/aromatic N) is 1. The Labute approximate surface area is 142 Å². The first-order valence-corrected chi connectivity index (χ1v) is 8.86. The molecule has 0 N–H and O–H groups in total. The van der Waals surface area contributed by atoms with Crippen molar-refractivity contribution in [3.05, 3.63) is 23.3 Å². The first-order chi connectivity index (χ1) is 11.7. The van der Waals surface area contributed by atoms with E-state index in [2.05, 4.69) is 17.0 Å². The Kier molecular flexibility index (Phi) is 3.91. The van der Waals surface area contributed by atoms with Gasteiger partial charge in [0.05, 0.1) is 26.4 Å². The predicted octanol–water partition coefficient (Wildman–Crippen LogP) is 2.65. The molecule has 1 aromatic carbocycles. The summed E-state index contributed by atoms with van der Waals surface area (Å²) in [6, 6.07) is 4.49. The summed E-state index contributed by atoms with van der Waals surface area (Å²) in [5.41, 5.74) is 2.23. The van der Waals surface area contributed by atoms with Gasteiger partial charge in [0.2, 0.25) is 5.91 Å². The monoisotopic (exact) mass is 331 g/mol. The number of ether oxygens (including phenoxy) is 3. The van der Waals surface area contributed by atoms with Crippen molar-refractivity contribution in [2.24, 2.45) is 0 Å². The molecular weight excluding hydrogens is 306 g/mol. The highest BCUT2D eigenvalue weighted by atomic mass is 16.5. The van der Waals surface area contributed by atoms with E-state index < -0.39 is 0 Å². The summed E-state index contributed by atoms with van der Waals surface area (Å²) in [7, 11) is 3.34. The van der Waals surface area contributed by atoms with Gasteiger partial charge in [-0.2, -0.15) is 0 Å². The van der Waals surface area contributed by atoms with Gasteiger partial charge in [0.1, 0.15) is 0 Å². The number of benzene rings is 1. The zero-order valence-electron chi connectivity index (χ0n) is 14.5. The van der Waals surface area contributed by atoms with Crippen LogP contribution in [0.2, 0.25) is 0 Å². The van der Waals surface area contributed by atoms with E-state index >= 15 is 0 Å². The molecule has 130 valence electrons. The van der Waals surface area contributed by atoms with E-state index in [-0.39, 0.29) is 5.60 Å². The maximum absolute atomic E-state index is 12.2. The van der Waals surface area contributed by atoms with Gasteiger partial charge >= 0.3 is 0 Å². The summed E-state index contributed by atoms with van der Waals surface area (Å²) in [6.07, 6.45) is 5.42. The first kappa shape index (κ1) is 15.8. The van der Waals surface area contributed by atoms with Crippen molar-refractivity contribution in [3.8, 4) is 11.5 Å². The Balaban J connectivity index is 1.72. The van der Waals surface area contributed by atoms with Gasteiger partial charge in [-0.05, 0) is 48.9 Å². The van der Waals surface area contributed by atoms with Crippen molar-refractivity contribution in [2.45, 2.75) is 50.2 Å². The zero-order valence-corrected chi connectivity index (χ0v) is 14.5. The van der Waals surface area contributed by atoms with Gasteiger partial charge in [0, 0.05) is 25.4 Å².